The molecule has 3 aromatic rings. The van der Waals surface area contributed by atoms with Gasteiger partial charge in [-0.05, 0) is 49.7 Å². The molecule has 3 rings (SSSR count). The van der Waals surface area contributed by atoms with Crippen LogP contribution in [0.25, 0.3) is 11.0 Å². The highest BCUT2D eigenvalue weighted by Gasteiger charge is 2.07. The van der Waals surface area contributed by atoms with Gasteiger partial charge in [0.05, 0.1) is 28.8 Å². The largest absolute Gasteiger partial charge is 0.326 e. The molecular formula is C18H16FN3O. The Labute approximate surface area is 133 Å². The SMILES string of the molecule is Cc1nc2ccc(NC(=O)Cc3ccc(F)cc3)cc2nc1C. The minimum atomic E-state index is -0.312. The minimum absolute atomic E-state index is 0.159. The number of carbonyl (C=O) groups is 1. The molecule has 0 saturated heterocycles. The Morgan fingerprint density at radius 2 is 1.65 bits per heavy atom. The number of benzene rings is 2. The summed E-state index contributed by atoms with van der Waals surface area (Å²) in [4.78, 5) is 21.0. The first-order chi connectivity index (χ1) is 11.0. The van der Waals surface area contributed by atoms with Crippen LogP contribution in [0.2, 0.25) is 0 Å². The summed E-state index contributed by atoms with van der Waals surface area (Å²) in [6.45, 7) is 3.82. The molecule has 0 spiro atoms. The predicted molar refractivity (Wildman–Crippen MR) is 87.7 cm³/mol. The van der Waals surface area contributed by atoms with Crippen molar-refractivity contribution >= 4 is 22.6 Å². The van der Waals surface area contributed by atoms with E-state index in [1.165, 1.54) is 12.1 Å². The first-order valence-electron chi connectivity index (χ1n) is 7.30. The van der Waals surface area contributed by atoms with Gasteiger partial charge in [-0.3, -0.25) is 4.79 Å². The van der Waals surface area contributed by atoms with Gasteiger partial charge in [0.2, 0.25) is 5.91 Å². The minimum Gasteiger partial charge on any atom is -0.326 e. The van der Waals surface area contributed by atoms with E-state index in [2.05, 4.69) is 15.3 Å². The number of hydrogen-bond acceptors (Lipinski definition) is 3. The maximum absolute atomic E-state index is 12.9. The number of nitrogens with one attached hydrogen (secondary N) is 1. The van der Waals surface area contributed by atoms with Crippen LogP contribution in [0.3, 0.4) is 0 Å². The highest BCUT2D eigenvalue weighted by molar-refractivity contribution is 5.94. The van der Waals surface area contributed by atoms with E-state index in [-0.39, 0.29) is 18.1 Å². The summed E-state index contributed by atoms with van der Waals surface area (Å²) in [5.74, 6) is -0.472. The number of carbonyl (C=O) groups excluding carboxylic acids is 1. The number of rotatable bonds is 3. The van der Waals surface area contributed by atoms with Crippen LogP contribution >= 0.6 is 0 Å². The highest BCUT2D eigenvalue weighted by Crippen LogP contribution is 2.18. The molecule has 0 aliphatic heterocycles. The molecule has 1 aromatic heterocycles. The molecule has 1 heterocycles. The standard InChI is InChI=1S/C18H16FN3O/c1-11-12(2)21-17-10-15(7-8-16(17)20-11)22-18(23)9-13-3-5-14(19)6-4-13/h3-8,10H,9H2,1-2H3,(H,22,23). The van der Waals surface area contributed by atoms with Gasteiger partial charge in [0.15, 0.2) is 0 Å². The molecule has 1 N–H and O–H groups in total. The van der Waals surface area contributed by atoms with E-state index in [1.807, 2.05) is 19.9 Å². The Morgan fingerprint density at radius 3 is 2.35 bits per heavy atom. The average Bonchev–Trinajstić information content (AvgIpc) is 2.51. The van der Waals surface area contributed by atoms with E-state index in [0.717, 1.165) is 28.0 Å². The molecule has 2 aromatic carbocycles. The molecule has 0 bridgehead atoms. The van der Waals surface area contributed by atoms with Crippen molar-refractivity contribution in [2.75, 3.05) is 5.32 Å². The number of aryl methyl sites for hydroxylation is 2. The van der Waals surface area contributed by atoms with Gasteiger partial charge in [-0.2, -0.15) is 0 Å². The molecule has 0 fully saturated rings. The van der Waals surface area contributed by atoms with E-state index in [4.69, 9.17) is 0 Å². The molecule has 0 radical (unpaired) electrons. The third kappa shape index (κ3) is 3.51. The van der Waals surface area contributed by atoms with E-state index in [0.29, 0.717) is 5.69 Å². The monoisotopic (exact) mass is 309 g/mol. The molecule has 5 heteroatoms. The third-order valence-corrected chi connectivity index (χ3v) is 3.64. The Morgan fingerprint density at radius 1 is 1.00 bits per heavy atom. The summed E-state index contributed by atoms with van der Waals surface area (Å²) < 4.78 is 12.9. The lowest BCUT2D eigenvalue weighted by molar-refractivity contribution is -0.115. The summed E-state index contributed by atoms with van der Waals surface area (Å²) in [7, 11) is 0. The molecular weight excluding hydrogens is 293 g/mol. The summed E-state index contributed by atoms with van der Waals surface area (Å²) >= 11 is 0. The number of amides is 1. The Kier molecular flexibility index (Phi) is 4.02. The highest BCUT2D eigenvalue weighted by atomic mass is 19.1. The first-order valence-corrected chi connectivity index (χ1v) is 7.30. The van der Waals surface area contributed by atoms with Crippen LogP contribution in [-0.2, 0) is 11.2 Å². The van der Waals surface area contributed by atoms with E-state index in [1.54, 1.807) is 24.3 Å². The van der Waals surface area contributed by atoms with Crippen molar-refractivity contribution < 1.29 is 9.18 Å². The van der Waals surface area contributed by atoms with Crippen molar-refractivity contribution in [3.63, 3.8) is 0 Å². The molecule has 0 atom stereocenters. The molecule has 4 nitrogen and oxygen atoms in total. The van der Waals surface area contributed by atoms with Crippen molar-refractivity contribution in [1.82, 2.24) is 9.97 Å². The molecule has 116 valence electrons. The van der Waals surface area contributed by atoms with Gasteiger partial charge in [0.1, 0.15) is 5.82 Å². The molecule has 0 aliphatic carbocycles. The number of aromatic nitrogens is 2. The molecule has 0 saturated carbocycles. The predicted octanol–water partition coefficient (Wildman–Crippen LogP) is 3.57. The number of nitrogens with zero attached hydrogens (tertiary/aromatic N) is 2. The van der Waals surface area contributed by atoms with Crippen molar-refractivity contribution in [2.24, 2.45) is 0 Å². The topological polar surface area (TPSA) is 54.9 Å². The number of fused-ring (bicyclic) bond motifs is 1. The van der Waals surface area contributed by atoms with E-state index < -0.39 is 0 Å². The second-order valence-electron chi connectivity index (χ2n) is 5.45. The smallest absolute Gasteiger partial charge is 0.228 e. The van der Waals surface area contributed by atoms with Crippen molar-refractivity contribution in [3.8, 4) is 0 Å². The lowest BCUT2D eigenvalue weighted by Gasteiger charge is -2.07. The maximum Gasteiger partial charge on any atom is 0.228 e. The Bertz CT molecular complexity index is 875. The maximum atomic E-state index is 12.9. The van der Waals surface area contributed by atoms with E-state index in [9.17, 15) is 9.18 Å². The van der Waals surface area contributed by atoms with Crippen molar-refractivity contribution in [1.29, 1.82) is 0 Å². The summed E-state index contributed by atoms with van der Waals surface area (Å²) in [6.07, 6.45) is 0.191. The fraction of sp³-hybridized carbons (Fsp3) is 0.167. The first kappa shape index (κ1) is 15.1. The zero-order valence-electron chi connectivity index (χ0n) is 12.9. The van der Waals surface area contributed by atoms with Gasteiger partial charge >= 0.3 is 0 Å². The van der Waals surface area contributed by atoms with Gasteiger partial charge in [0.25, 0.3) is 0 Å². The molecule has 0 unspecified atom stereocenters. The third-order valence-electron chi connectivity index (χ3n) is 3.64. The van der Waals surface area contributed by atoms with Crippen molar-refractivity contribution in [2.45, 2.75) is 20.3 Å². The molecule has 0 aliphatic rings. The Hall–Kier alpha value is -2.82. The molecule has 1 amide bonds. The van der Waals surface area contributed by atoms with Crippen LogP contribution in [0.4, 0.5) is 10.1 Å². The lowest BCUT2D eigenvalue weighted by atomic mass is 10.1. The zero-order valence-corrected chi connectivity index (χ0v) is 12.9. The summed E-state index contributed by atoms with van der Waals surface area (Å²) in [5, 5.41) is 2.83. The summed E-state index contributed by atoms with van der Waals surface area (Å²) in [6, 6.07) is 11.3. The number of halogens is 1. The molecule has 23 heavy (non-hydrogen) atoms. The van der Waals surface area contributed by atoms with Crippen LogP contribution in [0.1, 0.15) is 17.0 Å². The van der Waals surface area contributed by atoms with E-state index >= 15 is 0 Å². The average molecular weight is 309 g/mol. The van der Waals surface area contributed by atoms with Gasteiger partial charge in [-0.25, -0.2) is 14.4 Å². The van der Waals surface area contributed by atoms with Crippen LogP contribution in [0, 0.1) is 19.7 Å². The number of hydrogen-bond donors (Lipinski definition) is 1. The van der Waals surface area contributed by atoms with Crippen LogP contribution in [0.15, 0.2) is 42.5 Å². The van der Waals surface area contributed by atoms with Gasteiger partial charge in [0, 0.05) is 5.69 Å². The van der Waals surface area contributed by atoms with Gasteiger partial charge < -0.3 is 5.32 Å². The fourth-order valence-corrected chi connectivity index (χ4v) is 2.30. The lowest BCUT2D eigenvalue weighted by Crippen LogP contribution is -2.14. The normalized spacial score (nSPS) is 10.7. The van der Waals surface area contributed by atoms with Crippen LogP contribution in [-0.4, -0.2) is 15.9 Å². The van der Waals surface area contributed by atoms with Gasteiger partial charge in [-0.15, -0.1) is 0 Å². The second kappa shape index (κ2) is 6.12. The quantitative estimate of drug-likeness (QED) is 0.804. The fourth-order valence-electron chi connectivity index (χ4n) is 2.30. The number of anilines is 1. The summed E-state index contributed by atoms with van der Waals surface area (Å²) in [5.41, 5.74) is 4.73. The Balaban J connectivity index is 1.76. The van der Waals surface area contributed by atoms with Crippen LogP contribution < -0.4 is 5.32 Å². The second-order valence-corrected chi connectivity index (χ2v) is 5.45. The van der Waals surface area contributed by atoms with Gasteiger partial charge in [-0.1, -0.05) is 12.1 Å². The van der Waals surface area contributed by atoms with Crippen LogP contribution in [0.5, 0.6) is 0 Å². The zero-order chi connectivity index (χ0) is 16.4. The van der Waals surface area contributed by atoms with Crippen molar-refractivity contribution in [3.05, 3.63) is 65.2 Å².